The number of amides is 2. The molecule has 2 aromatic rings. The summed E-state index contributed by atoms with van der Waals surface area (Å²) in [6.07, 6.45) is -7.86. The van der Waals surface area contributed by atoms with Crippen LogP contribution in [0.2, 0.25) is 0 Å². The zero-order valence-corrected chi connectivity index (χ0v) is 20.7. The molecule has 36 heavy (non-hydrogen) atoms. The van der Waals surface area contributed by atoms with Crippen molar-refractivity contribution in [1.82, 2.24) is 4.90 Å². The second-order valence-corrected chi connectivity index (χ2v) is 7.88. The van der Waals surface area contributed by atoms with E-state index in [9.17, 15) is 35.9 Å². The maximum Gasteiger partial charge on any atom is 0.416 e. The number of anilines is 1. The van der Waals surface area contributed by atoms with Crippen molar-refractivity contribution in [1.29, 1.82) is 0 Å². The number of rotatable bonds is 8. The average molecular weight is 541 g/mol. The molecular weight excluding hydrogens is 514 g/mol. The molecule has 0 saturated heterocycles. The Labute approximate surface area is 211 Å². The van der Waals surface area contributed by atoms with Crippen molar-refractivity contribution >= 4 is 30.1 Å². The predicted molar refractivity (Wildman–Crippen MR) is 126 cm³/mol. The van der Waals surface area contributed by atoms with Gasteiger partial charge >= 0.3 is 18.4 Å². The SMILES string of the molecule is CCCCCN(CC)C(=O)Oc1ccc(C(=O)Nc2cc(C(F)(F)F)cc(C(F)(F)F)c2)c(C)c1.Cl. The molecular formula is C24H27ClF6N2O3. The molecule has 0 saturated carbocycles. The van der Waals surface area contributed by atoms with Crippen LogP contribution in [0.5, 0.6) is 5.75 Å². The third-order valence-electron chi connectivity index (χ3n) is 5.16. The van der Waals surface area contributed by atoms with Crippen molar-refractivity contribution in [2.75, 3.05) is 18.4 Å². The topological polar surface area (TPSA) is 58.6 Å². The lowest BCUT2D eigenvalue weighted by Gasteiger charge is -2.20. The third-order valence-corrected chi connectivity index (χ3v) is 5.16. The molecule has 0 aliphatic heterocycles. The van der Waals surface area contributed by atoms with Crippen molar-refractivity contribution in [2.45, 2.75) is 52.4 Å². The Morgan fingerprint density at radius 3 is 1.97 bits per heavy atom. The van der Waals surface area contributed by atoms with Gasteiger partial charge < -0.3 is 15.0 Å². The van der Waals surface area contributed by atoms with Crippen LogP contribution in [0.25, 0.3) is 0 Å². The fourth-order valence-corrected chi connectivity index (χ4v) is 3.28. The Morgan fingerprint density at radius 2 is 1.50 bits per heavy atom. The van der Waals surface area contributed by atoms with Gasteiger partial charge in [0.25, 0.3) is 5.91 Å². The van der Waals surface area contributed by atoms with Gasteiger partial charge in [-0.2, -0.15) is 26.3 Å². The summed E-state index contributed by atoms with van der Waals surface area (Å²) in [6.45, 7) is 6.32. The molecule has 1 N–H and O–H groups in total. The van der Waals surface area contributed by atoms with Gasteiger partial charge in [0.2, 0.25) is 0 Å². The smallest absolute Gasteiger partial charge is 0.410 e. The van der Waals surface area contributed by atoms with Gasteiger partial charge in [-0.25, -0.2) is 4.79 Å². The average Bonchev–Trinajstić information content (AvgIpc) is 2.75. The van der Waals surface area contributed by atoms with Gasteiger partial charge in [-0.05, 0) is 62.2 Å². The summed E-state index contributed by atoms with van der Waals surface area (Å²) in [5, 5.41) is 2.09. The van der Waals surface area contributed by atoms with Gasteiger partial charge in [-0.3, -0.25) is 4.79 Å². The minimum atomic E-state index is -5.04. The second-order valence-electron chi connectivity index (χ2n) is 7.88. The summed E-state index contributed by atoms with van der Waals surface area (Å²) in [5.74, 6) is -0.765. The van der Waals surface area contributed by atoms with Crippen LogP contribution in [0.4, 0.5) is 36.8 Å². The number of nitrogens with one attached hydrogen (secondary N) is 1. The van der Waals surface area contributed by atoms with E-state index in [1.807, 2.05) is 13.8 Å². The molecule has 0 radical (unpaired) electrons. The fourth-order valence-electron chi connectivity index (χ4n) is 3.28. The fraction of sp³-hybridized carbons (Fsp3) is 0.417. The van der Waals surface area contributed by atoms with Crippen LogP contribution in [0, 0.1) is 6.92 Å². The number of carbonyl (C=O) groups excluding carboxylic acids is 2. The van der Waals surface area contributed by atoms with Gasteiger partial charge in [0.1, 0.15) is 5.75 Å². The highest BCUT2D eigenvalue weighted by Crippen LogP contribution is 2.37. The number of aryl methyl sites for hydroxylation is 1. The number of nitrogens with zero attached hydrogens (tertiary/aromatic N) is 1. The maximum atomic E-state index is 13.1. The van der Waals surface area contributed by atoms with Crippen LogP contribution in [0.3, 0.4) is 0 Å². The molecule has 0 atom stereocenters. The number of ether oxygens (including phenoxy) is 1. The number of hydrogen-bond acceptors (Lipinski definition) is 3. The Morgan fingerprint density at radius 1 is 0.917 bits per heavy atom. The number of halogens is 7. The van der Waals surface area contributed by atoms with Crippen LogP contribution in [0.15, 0.2) is 36.4 Å². The number of alkyl halides is 6. The molecule has 5 nitrogen and oxygen atoms in total. The molecule has 0 unspecified atom stereocenters. The van der Waals surface area contributed by atoms with Crippen LogP contribution in [-0.4, -0.2) is 30.0 Å². The Balaban J connectivity index is 0.00000648. The van der Waals surface area contributed by atoms with Crippen LogP contribution < -0.4 is 10.1 Å². The minimum Gasteiger partial charge on any atom is -0.410 e. The molecule has 0 bridgehead atoms. The van der Waals surface area contributed by atoms with Crippen LogP contribution >= 0.6 is 12.4 Å². The van der Waals surface area contributed by atoms with Gasteiger partial charge in [0.15, 0.2) is 0 Å². The quantitative estimate of drug-likeness (QED) is 0.275. The largest absolute Gasteiger partial charge is 0.416 e. The van der Waals surface area contributed by atoms with E-state index in [0.29, 0.717) is 30.8 Å². The van der Waals surface area contributed by atoms with E-state index in [1.54, 1.807) is 0 Å². The van der Waals surface area contributed by atoms with E-state index in [2.05, 4.69) is 5.32 Å². The third kappa shape index (κ3) is 8.61. The Hall–Kier alpha value is -2.95. The first-order valence-corrected chi connectivity index (χ1v) is 10.9. The molecule has 0 aromatic heterocycles. The summed E-state index contributed by atoms with van der Waals surface area (Å²) in [6, 6.07) is 4.82. The van der Waals surface area contributed by atoms with E-state index in [0.717, 1.165) is 19.3 Å². The second kappa shape index (κ2) is 12.8. The first kappa shape index (κ1) is 31.1. The Kier molecular flexibility index (Phi) is 11.1. The van der Waals surface area contributed by atoms with Crippen molar-refractivity contribution in [3.63, 3.8) is 0 Å². The summed E-state index contributed by atoms with van der Waals surface area (Å²) in [7, 11) is 0. The van der Waals surface area contributed by atoms with E-state index < -0.39 is 41.2 Å². The zero-order valence-electron chi connectivity index (χ0n) is 19.8. The van der Waals surface area contributed by atoms with Gasteiger partial charge in [-0.1, -0.05) is 19.8 Å². The highest BCUT2D eigenvalue weighted by Gasteiger charge is 2.37. The highest BCUT2D eigenvalue weighted by atomic mass is 35.5. The van der Waals surface area contributed by atoms with Gasteiger partial charge in [-0.15, -0.1) is 12.4 Å². The molecule has 0 aliphatic carbocycles. The van der Waals surface area contributed by atoms with Crippen molar-refractivity contribution in [3.05, 3.63) is 58.7 Å². The van der Waals surface area contributed by atoms with Gasteiger partial charge in [0, 0.05) is 24.3 Å². The number of benzene rings is 2. The summed E-state index contributed by atoms with van der Waals surface area (Å²) >= 11 is 0. The molecule has 2 aromatic carbocycles. The first-order chi connectivity index (χ1) is 16.3. The lowest BCUT2D eigenvalue weighted by molar-refractivity contribution is -0.143. The molecule has 12 heteroatoms. The highest BCUT2D eigenvalue weighted by molar-refractivity contribution is 6.05. The number of unbranched alkanes of at least 4 members (excludes halogenated alkanes) is 2. The molecule has 0 spiro atoms. The van der Waals surface area contributed by atoms with E-state index in [1.165, 1.54) is 30.0 Å². The normalized spacial score (nSPS) is 11.5. The first-order valence-electron chi connectivity index (χ1n) is 10.9. The summed E-state index contributed by atoms with van der Waals surface area (Å²) < 4.78 is 83.7. The number of carbonyl (C=O) groups is 2. The van der Waals surface area contributed by atoms with Crippen molar-refractivity contribution in [3.8, 4) is 5.75 Å². The molecule has 0 heterocycles. The van der Waals surface area contributed by atoms with Crippen molar-refractivity contribution < 1.29 is 40.7 Å². The lowest BCUT2D eigenvalue weighted by Crippen LogP contribution is -2.34. The van der Waals surface area contributed by atoms with E-state index in [4.69, 9.17) is 4.74 Å². The van der Waals surface area contributed by atoms with Gasteiger partial charge in [0.05, 0.1) is 11.1 Å². The molecule has 200 valence electrons. The summed E-state index contributed by atoms with van der Waals surface area (Å²) in [5.41, 5.74) is -3.43. The van der Waals surface area contributed by atoms with Crippen LogP contribution in [0.1, 0.15) is 60.2 Å². The predicted octanol–water partition coefficient (Wildman–Crippen LogP) is 7.72. The van der Waals surface area contributed by atoms with Crippen LogP contribution in [-0.2, 0) is 12.4 Å². The van der Waals surface area contributed by atoms with Crippen molar-refractivity contribution in [2.24, 2.45) is 0 Å². The molecule has 0 fully saturated rings. The van der Waals surface area contributed by atoms with E-state index >= 15 is 0 Å². The molecule has 2 rings (SSSR count). The summed E-state index contributed by atoms with van der Waals surface area (Å²) in [4.78, 5) is 26.5. The lowest BCUT2D eigenvalue weighted by atomic mass is 10.1. The number of hydrogen-bond donors (Lipinski definition) is 1. The van der Waals surface area contributed by atoms with E-state index in [-0.39, 0.29) is 29.8 Å². The Bertz CT molecular complexity index is 1020. The maximum absolute atomic E-state index is 13.1. The monoisotopic (exact) mass is 540 g/mol. The minimum absolute atomic E-state index is 0. The molecule has 2 amide bonds. The molecule has 0 aliphatic rings. The standard InChI is InChI=1S/C24H26F6N2O3.ClH/c1-4-6-7-10-32(5-2)22(34)35-19-8-9-20(15(3)11-19)21(33)31-18-13-16(23(25,26)27)12-17(14-18)24(28,29)30;/h8-9,11-14H,4-7,10H2,1-3H3,(H,31,33);1H. The zero-order chi connectivity index (χ0) is 26.4.